The fourth-order valence-corrected chi connectivity index (χ4v) is 4.80. The second-order valence-electron chi connectivity index (χ2n) is 7.54. The van der Waals surface area contributed by atoms with Crippen molar-refractivity contribution in [1.29, 1.82) is 0 Å². The smallest absolute Gasteiger partial charge is 0.163 e. The lowest BCUT2D eigenvalue weighted by Gasteiger charge is -2.40. The third kappa shape index (κ3) is 4.05. The number of aliphatic hydroxyl groups excluding tert-OH is 4. The summed E-state index contributed by atoms with van der Waals surface area (Å²) in [4.78, 5) is 1.45. The molecule has 2 heterocycles. The third-order valence-corrected chi connectivity index (χ3v) is 6.46. The summed E-state index contributed by atoms with van der Waals surface area (Å²) in [5, 5.41) is 40.7. The quantitative estimate of drug-likeness (QED) is 0.474. The van der Waals surface area contributed by atoms with Crippen LogP contribution in [0.4, 0.5) is 4.39 Å². The van der Waals surface area contributed by atoms with Crippen molar-refractivity contribution in [3.8, 4) is 5.75 Å². The van der Waals surface area contributed by atoms with E-state index < -0.39 is 43.1 Å². The number of ether oxygens (including phenoxy) is 2. The van der Waals surface area contributed by atoms with Crippen LogP contribution in [0.5, 0.6) is 5.75 Å². The number of aliphatic hydroxyl groups is 4. The normalized spacial score (nSPS) is 26.4. The van der Waals surface area contributed by atoms with Gasteiger partial charge in [-0.25, -0.2) is 4.39 Å². The molecule has 5 atom stereocenters. The van der Waals surface area contributed by atoms with Gasteiger partial charge in [0.25, 0.3) is 0 Å². The fraction of sp³-hybridized carbons (Fsp3) is 0.364. The Balaban J connectivity index is 1.80. The van der Waals surface area contributed by atoms with E-state index in [9.17, 15) is 20.4 Å². The van der Waals surface area contributed by atoms with Crippen LogP contribution in [0.1, 0.15) is 11.8 Å². The molecule has 1 saturated heterocycles. The van der Waals surface area contributed by atoms with Gasteiger partial charge >= 0.3 is 0 Å². The molecule has 1 fully saturated rings. The average Bonchev–Trinajstić information content (AvgIpc) is 3.11. The van der Waals surface area contributed by atoms with Crippen LogP contribution >= 0.6 is 11.8 Å². The van der Waals surface area contributed by atoms with Crippen LogP contribution in [-0.4, -0.2) is 63.1 Å². The largest absolute Gasteiger partial charge is 0.497 e. The van der Waals surface area contributed by atoms with E-state index in [2.05, 4.69) is 0 Å². The molecule has 0 amide bonds. The van der Waals surface area contributed by atoms with E-state index in [0.717, 1.165) is 4.90 Å². The van der Waals surface area contributed by atoms with Gasteiger partial charge in [-0.1, -0.05) is 11.8 Å². The van der Waals surface area contributed by atoms with E-state index in [1.807, 2.05) is 12.1 Å². The molecule has 1 aromatic heterocycles. The van der Waals surface area contributed by atoms with Crippen LogP contribution in [-0.2, 0) is 4.74 Å². The molecule has 4 rings (SSSR count). The highest BCUT2D eigenvalue weighted by molar-refractivity contribution is 7.99. The molecule has 31 heavy (non-hydrogen) atoms. The van der Waals surface area contributed by atoms with E-state index in [1.165, 1.54) is 17.8 Å². The number of benzene rings is 2. The van der Waals surface area contributed by atoms with Crippen molar-refractivity contribution in [1.82, 2.24) is 4.57 Å². The van der Waals surface area contributed by atoms with Crippen LogP contribution in [0.3, 0.4) is 0 Å². The molecule has 4 N–H and O–H groups in total. The average molecular weight is 450 g/mol. The van der Waals surface area contributed by atoms with Crippen LogP contribution in [0, 0.1) is 12.7 Å². The number of aryl methyl sites for hydroxylation is 1. The second-order valence-corrected chi connectivity index (χ2v) is 8.65. The summed E-state index contributed by atoms with van der Waals surface area (Å²) < 4.78 is 27.4. The topological polar surface area (TPSA) is 104 Å². The number of hydrogen-bond acceptors (Lipinski definition) is 7. The minimum Gasteiger partial charge on any atom is -0.497 e. The minimum atomic E-state index is -1.53. The van der Waals surface area contributed by atoms with Crippen molar-refractivity contribution in [3.63, 3.8) is 0 Å². The summed E-state index contributed by atoms with van der Waals surface area (Å²) in [6.07, 6.45) is -5.01. The summed E-state index contributed by atoms with van der Waals surface area (Å²) in [5.41, 5.74) is 1.15. The van der Waals surface area contributed by atoms with E-state index in [-0.39, 0.29) is 0 Å². The third-order valence-electron chi connectivity index (χ3n) is 5.42. The predicted molar refractivity (Wildman–Crippen MR) is 113 cm³/mol. The van der Waals surface area contributed by atoms with E-state index in [0.29, 0.717) is 27.1 Å². The maximum absolute atomic E-state index is 15.0. The monoisotopic (exact) mass is 449 g/mol. The molecule has 166 valence electrons. The maximum atomic E-state index is 15.0. The van der Waals surface area contributed by atoms with Crippen molar-refractivity contribution < 1.29 is 34.3 Å². The van der Waals surface area contributed by atoms with Gasteiger partial charge in [0, 0.05) is 21.4 Å². The van der Waals surface area contributed by atoms with Gasteiger partial charge in [0.05, 0.1) is 19.2 Å². The Morgan fingerprint density at radius 2 is 1.81 bits per heavy atom. The first-order chi connectivity index (χ1) is 14.8. The molecule has 3 aromatic rings. The van der Waals surface area contributed by atoms with Gasteiger partial charge < -0.3 is 34.5 Å². The summed E-state index contributed by atoms with van der Waals surface area (Å²) >= 11 is 1.34. The van der Waals surface area contributed by atoms with Crippen LogP contribution < -0.4 is 4.74 Å². The molecule has 1 aliphatic heterocycles. The van der Waals surface area contributed by atoms with Crippen molar-refractivity contribution in [2.75, 3.05) is 13.7 Å². The lowest BCUT2D eigenvalue weighted by Crippen LogP contribution is -2.56. The number of halogens is 1. The molecular weight excluding hydrogens is 425 g/mol. The molecular formula is C22H24FNO6S. The Morgan fingerprint density at radius 1 is 1.10 bits per heavy atom. The zero-order valence-corrected chi connectivity index (χ0v) is 17.8. The molecule has 0 bridgehead atoms. The second kappa shape index (κ2) is 8.78. The Kier molecular flexibility index (Phi) is 6.25. The molecule has 1 aliphatic rings. The molecule has 0 saturated carbocycles. The van der Waals surface area contributed by atoms with Crippen molar-refractivity contribution in [2.24, 2.45) is 0 Å². The molecule has 0 aliphatic carbocycles. The van der Waals surface area contributed by atoms with Gasteiger partial charge in [-0.2, -0.15) is 0 Å². The molecule has 9 heteroatoms. The van der Waals surface area contributed by atoms with Crippen molar-refractivity contribution >= 4 is 22.7 Å². The number of hydrogen-bond donors (Lipinski definition) is 4. The Morgan fingerprint density at radius 3 is 2.45 bits per heavy atom. The zero-order chi connectivity index (χ0) is 22.3. The zero-order valence-electron chi connectivity index (χ0n) is 17.0. The minimum absolute atomic E-state index is 0.350. The van der Waals surface area contributed by atoms with Gasteiger partial charge in [0.1, 0.15) is 36.0 Å². The SMILES string of the molecule is COc1ccc(Sc2cn([C@@H]3O[C@H](CO)[C@@H](O)[C@H](O)[C@H]3O)c3cc(C)cc(F)c23)cc1. The predicted octanol–water partition coefficient (Wildman–Crippen LogP) is 2.22. The summed E-state index contributed by atoms with van der Waals surface area (Å²) in [6.45, 7) is 1.21. The highest BCUT2D eigenvalue weighted by atomic mass is 32.2. The first-order valence-electron chi connectivity index (χ1n) is 9.77. The van der Waals surface area contributed by atoms with Crippen LogP contribution in [0.25, 0.3) is 10.9 Å². The molecule has 7 nitrogen and oxygen atoms in total. The maximum Gasteiger partial charge on any atom is 0.163 e. The lowest BCUT2D eigenvalue weighted by atomic mass is 9.98. The molecule has 0 spiro atoms. The van der Waals surface area contributed by atoms with Gasteiger partial charge in [0.15, 0.2) is 6.23 Å². The first-order valence-corrected chi connectivity index (χ1v) is 10.6. The van der Waals surface area contributed by atoms with E-state index >= 15 is 4.39 Å². The first kappa shape index (κ1) is 22.1. The van der Waals surface area contributed by atoms with Gasteiger partial charge in [-0.15, -0.1) is 0 Å². The molecule has 2 aromatic carbocycles. The molecule has 0 unspecified atom stereocenters. The summed E-state index contributed by atoms with van der Waals surface area (Å²) in [6, 6.07) is 10.5. The van der Waals surface area contributed by atoms with Crippen molar-refractivity contribution in [3.05, 3.63) is 54.0 Å². The summed E-state index contributed by atoms with van der Waals surface area (Å²) in [7, 11) is 1.58. The van der Waals surface area contributed by atoms with Gasteiger partial charge in [-0.05, 0) is 48.9 Å². The van der Waals surface area contributed by atoms with Gasteiger partial charge in [0.2, 0.25) is 0 Å². The van der Waals surface area contributed by atoms with E-state index in [4.69, 9.17) is 9.47 Å². The number of fused-ring (bicyclic) bond motifs is 1. The van der Waals surface area contributed by atoms with Gasteiger partial charge in [-0.3, -0.25) is 0 Å². The lowest BCUT2D eigenvalue weighted by molar-refractivity contribution is -0.250. The highest BCUT2D eigenvalue weighted by Crippen LogP contribution is 2.40. The van der Waals surface area contributed by atoms with E-state index in [1.54, 1.807) is 43.0 Å². The number of rotatable bonds is 5. The standard InChI is InChI=1S/C22H24FNO6S/c1-11-7-14(23)18-15(8-11)24(22-21(28)20(27)19(26)16(10-25)30-22)9-17(18)31-13-5-3-12(29-2)4-6-13/h3-9,16,19-22,25-28H,10H2,1-2H3/t16-,19-,20+,21-,22-/m1/s1. The Bertz CT molecular complexity index is 1070. The number of aromatic nitrogens is 1. The van der Waals surface area contributed by atoms with Crippen LogP contribution in [0.15, 0.2) is 52.4 Å². The fourth-order valence-electron chi connectivity index (χ4n) is 3.80. The number of nitrogens with zero attached hydrogens (tertiary/aromatic N) is 1. The summed E-state index contributed by atoms with van der Waals surface area (Å²) in [5.74, 6) is 0.282. The van der Waals surface area contributed by atoms with Crippen LogP contribution in [0.2, 0.25) is 0 Å². The molecule has 0 radical (unpaired) electrons. The Labute approximate surface area is 182 Å². The number of methoxy groups -OCH3 is 1. The highest BCUT2D eigenvalue weighted by Gasteiger charge is 2.44. The Hall–Kier alpha value is -2.14. The van der Waals surface area contributed by atoms with Crippen molar-refractivity contribution in [2.45, 2.75) is 47.4 Å².